The van der Waals surface area contributed by atoms with Crippen LogP contribution in [-0.2, 0) is 24.8 Å². The minimum absolute atomic E-state index is 0.210. The van der Waals surface area contributed by atoms with Crippen molar-refractivity contribution in [2.75, 3.05) is 26.2 Å². The Hall–Kier alpha value is -3.00. The van der Waals surface area contributed by atoms with Gasteiger partial charge in [-0.2, -0.15) is 10.1 Å². The molecule has 2 aromatic heterocycles. The van der Waals surface area contributed by atoms with E-state index in [0.29, 0.717) is 30.4 Å². The number of likely N-dealkylation sites (tertiary alicyclic amines) is 1. The lowest BCUT2D eigenvalue weighted by Crippen LogP contribution is -2.39. The Balaban J connectivity index is 1.32. The van der Waals surface area contributed by atoms with Crippen LogP contribution in [0.2, 0.25) is 0 Å². The maximum atomic E-state index is 12.9. The van der Waals surface area contributed by atoms with E-state index in [-0.39, 0.29) is 5.91 Å². The molecule has 0 radical (unpaired) electrons. The number of carbonyl (C=O) groups excluding carboxylic acids is 1. The molecule has 8 nitrogen and oxygen atoms in total. The molecule has 2 aliphatic heterocycles. The topological polar surface area (TPSA) is 80.3 Å². The number of rotatable bonds is 5. The average Bonchev–Trinajstić information content (AvgIpc) is 3.43. The summed E-state index contributed by atoms with van der Waals surface area (Å²) in [6, 6.07) is 9.75. The molecule has 1 amide bonds. The van der Waals surface area contributed by atoms with E-state index in [9.17, 15) is 4.79 Å². The lowest BCUT2D eigenvalue weighted by atomic mass is 10.0. The molecule has 2 aliphatic rings. The first-order chi connectivity index (χ1) is 15.2. The van der Waals surface area contributed by atoms with Gasteiger partial charge in [-0.3, -0.25) is 9.48 Å². The van der Waals surface area contributed by atoms with Crippen LogP contribution < -0.4 is 0 Å². The molecule has 1 saturated heterocycles. The van der Waals surface area contributed by atoms with Crippen LogP contribution in [-0.4, -0.2) is 61.8 Å². The zero-order chi connectivity index (χ0) is 21.2. The van der Waals surface area contributed by atoms with Gasteiger partial charge in [0.25, 0.3) is 5.89 Å². The van der Waals surface area contributed by atoms with Crippen LogP contribution in [0.15, 0.2) is 34.9 Å². The number of amides is 1. The summed E-state index contributed by atoms with van der Waals surface area (Å²) in [6.45, 7) is 4.35. The highest BCUT2D eigenvalue weighted by Crippen LogP contribution is 2.30. The summed E-state index contributed by atoms with van der Waals surface area (Å²) < 4.78 is 7.44. The van der Waals surface area contributed by atoms with E-state index in [1.165, 1.54) is 19.3 Å². The van der Waals surface area contributed by atoms with E-state index in [0.717, 1.165) is 49.4 Å². The van der Waals surface area contributed by atoms with E-state index in [1.807, 2.05) is 47.0 Å². The van der Waals surface area contributed by atoms with Crippen LogP contribution in [0.1, 0.15) is 36.9 Å². The van der Waals surface area contributed by atoms with Crippen molar-refractivity contribution < 1.29 is 9.32 Å². The second-order valence-electron chi connectivity index (χ2n) is 8.40. The molecule has 3 aromatic rings. The predicted octanol–water partition coefficient (Wildman–Crippen LogP) is 2.90. The van der Waals surface area contributed by atoms with Crippen molar-refractivity contribution in [3.8, 4) is 23.0 Å². The number of carbonyl (C=O) groups is 1. The molecule has 0 unspecified atom stereocenters. The van der Waals surface area contributed by atoms with Crippen molar-refractivity contribution in [1.29, 1.82) is 0 Å². The molecule has 0 atom stereocenters. The van der Waals surface area contributed by atoms with Crippen molar-refractivity contribution in [3.63, 3.8) is 0 Å². The molecule has 0 bridgehead atoms. The highest BCUT2D eigenvalue weighted by molar-refractivity contribution is 5.77. The summed E-state index contributed by atoms with van der Waals surface area (Å²) in [7, 11) is 1.94. The summed E-state index contributed by atoms with van der Waals surface area (Å²) >= 11 is 0. The van der Waals surface area contributed by atoms with Crippen molar-refractivity contribution in [1.82, 2.24) is 29.7 Å². The van der Waals surface area contributed by atoms with Gasteiger partial charge in [0.05, 0.1) is 0 Å². The smallest absolute Gasteiger partial charge is 0.279 e. The number of benzene rings is 1. The normalized spacial score (nSPS) is 17.0. The molecule has 1 aromatic carbocycles. The van der Waals surface area contributed by atoms with Gasteiger partial charge in [0.2, 0.25) is 11.7 Å². The van der Waals surface area contributed by atoms with E-state index >= 15 is 0 Å². The molecule has 1 fully saturated rings. The van der Waals surface area contributed by atoms with Gasteiger partial charge in [-0.15, -0.1) is 0 Å². The van der Waals surface area contributed by atoms with Crippen LogP contribution in [0.25, 0.3) is 23.0 Å². The molecule has 162 valence electrons. The average molecular weight is 421 g/mol. The third kappa shape index (κ3) is 4.12. The van der Waals surface area contributed by atoms with Crippen LogP contribution in [0.5, 0.6) is 0 Å². The van der Waals surface area contributed by atoms with Gasteiger partial charge in [0, 0.05) is 56.3 Å². The number of piperidine rings is 1. The van der Waals surface area contributed by atoms with Crippen LogP contribution in [0.4, 0.5) is 0 Å². The van der Waals surface area contributed by atoms with Gasteiger partial charge in [-0.1, -0.05) is 41.9 Å². The monoisotopic (exact) mass is 420 g/mol. The zero-order valence-corrected chi connectivity index (χ0v) is 18.0. The summed E-state index contributed by atoms with van der Waals surface area (Å²) in [5, 5.41) is 8.79. The first-order valence-corrected chi connectivity index (χ1v) is 11.1. The fourth-order valence-electron chi connectivity index (χ4n) is 4.60. The Morgan fingerprint density at radius 1 is 1.10 bits per heavy atom. The van der Waals surface area contributed by atoms with Gasteiger partial charge in [-0.05, 0) is 25.9 Å². The number of hydrogen-bond acceptors (Lipinski definition) is 6. The predicted molar refractivity (Wildman–Crippen MR) is 116 cm³/mol. The zero-order valence-electron chi connectivity index (χ0n) is 18.0. The number of hydrogen-bond donors (Lipinski definition) is 0. The summed E-state index contributed by atoms with van der Waals surface area (Å²) in [5.74, 6) is 1.15. The summed E-state index contributed by atoms with van der Waals surface area (Å²) in [5.41, 5.74) is 3.73. The minimum atomic E-state index is 0.210. The fourth-order valence-corrected chi connectivity index (χ4v) is 4.60. The Morgan fingerprint density at radius 2 is 1.90 bits per heavy atom. The number of fused-ring (bicyclic) bond motifs is 1. The largest absolute Gasteiger partial charge is 0.338 e. The Morgan fingerprint density at radius 3 is 2.71 bits per heavy atom. The van der Waals surface area contributed by atoms with Gasteiger partial charge in [-0.25, -0.2) is 0 Å². The summed E-state index contributed by atoms with van der Waals surface area (Å²) in [4.78, 5) is 21.9. The van der Waals surface area contributed by atoms with Crippen LogP contribution >= 0.6 is 0 Å². The third-order valence-corrected chi connectivity index (χ3v) is 6.35. The van der Waals surface area contributed by atoms with Crippen LogP contribution in [0, 0.1) is 0 Å². The maximum Gasteiger partial charge on any atom is 0.279 e. The van der Waals surface area contributed by atoms with Gasteiger partial charge in [0.15, 0.2) is 5.69 Å². The number of aryl methyl sites for hydroxylation is 1. The highest BCUT2D eigenvalue weighted by atomic mass is 16.5. The van der Waals surface area contributed by atoms with Crippen molar-refractivity contribution in [2.45, 2.75) is 38.6 Å². The van der Waals surface area contributed by atoms with Crippen molar-refractivity contribution in [3.05, 3.63) is 41.6 Å². The van der Waals surface area contributed by atoms with Gasteiger partial charge >= 0.3 is 0 Å². The molecule has 0 saturated carbocycles. The second kappa shape index (κ2) is 8.63. The van der Waals surface area contributed by atoms with Gasteiger partial charge in [0.1, 0.15) is 0 Å². The number of aromatic nitrogens is 4. The molecule has 5 rings (SSSR count). The maximum absolute atomic E-state index is 12.9. The van der Waals surface area contributed by atoms with Crippen molar-refractivity contribution >= 4 is 5.91 Å². The summed E-state index contributed by atoms with van der Waals surface area (Å²) in [6.07, 6.45) is 5.16. The number of nitrogens with zero attached hydrogens (tertiary/aromatic N) is 6. The first-order valence-electron chi connectivity index (χ1n) is 11.1. The van der Waals surface area contributed by atoms with E-state index in [1.54, 1.807) is 0 Å². The molecule has 0 N–H and O–H groups in total. The highest BCUT2D eigenvalue weighted by Gasteiger charge is 2.29. The van der Waals surface area contributed by atoms with E-state index in [4.69, 9.17) is 4.52 Å². The molecule has 4 heterocycles. The van der Waals surface area contributed by atoms with E-state index in [2.05, 4.69) is 20.1 Å². The third-order valence-electron chi connectivity index (χ3n) is 6.35. The molecular weight excluding hydrogens is 392 g/mol. The van der Waals surface area contributed by atoms with E-state index < -0.39 is 0 Å². The molecular formula is C23H28N6O2. The molecule has 0 spiro atoms. The lowest BCUT2D eigenvalue weighted by Gasteiger charge is -2.30. The molecule has 31 heavy (non-hydrogen) atoms. The van der Waals surface area contributed by atoms with Crippen molar-refractivity contribution in [2.24, 2.45) is 7.05 Å². The quantitative estimate of drug-likeness (QED) is 0.631. The Bertz CT molecular complexity index is 1050. The Kier molecular flexibility index (Phi) is 5.55. The standard InChI is InChI=1S/C23H28N6O2/c1-27-19-10-15-29(20(30)11-14-28-12-6-3-7-13-28)16-18(19)21(25-27)23-24-22(26-31-23)17-8-4-2-5-9-17/h2,4-5,8-9H,3,6-7,10-16H2,1H3. The first kappa shape index (κ1) is 19.9. The second-order valence-corrected chi connectivity index (χ2v) is 8.40. The molecule has 0 aliphatic carbocycles. The SMILES string of the molecule is Cn1nc(-c2nc(-c3ccccc3)no2)c2c1CCN(C(=O)CCN1CCCCC1)C2. The lowest BCUT2D eigenvalue weighted by molar-refractivity contribution is -0.132. The molecule has 8 heteroatoms. The van der Waals surface area contributed by atoms with Gasteiger partial charge < -0.3 is 14.3 Å². The fraction of sp³-hybridized carbons (Fsp3) is 0.478. The Labute approximate surface area is 181 Å². The van der Waals surface area contributed by atoms with Crippen LogP contribution in [0.3, 0.4) is 0 Å². The minimum Gasteiger partial charge on any atom is -0.338 e.